The predicted octanol–water partition coefficient (Wildman–Crippen LogP) is 4.41. The van der Waals surface area contributed by atoms with E-state index in [2.05, 4.69) is 19.9 Å². The molecule has 0 fully saturated rings. The van der Waals surface area contributed by atoms with Gasteiger partial charge in [-0.15, -0.1) is 0 Å². The van der Waals surface area contributed by atoms with E-state index in [0.717, 1.165) is 22.5 Å². The van der Waals surface area contributed by atoms with E-state index in [9.17, 15) is 9.59 Å². The zero-order valence-electron chi connectivity index (χ0n) is 15.1. The maximum Gasteiger partial charge on any atom is 0.252 e. The average Bonchev–Trinajstić information content (AvgIpc) is 2.99. The Bertz CT molecular complexity index is 1040. The minimum Gasteiger partial charge on any atom is -0.320 e. The average molecular weight is 344 g/mol. The summed E-state index contributed by atoms with van der Waals surface area (Å²) < 4.78 is 1.92. The minimum atomic E-state index is -0.467. The van der Waals surface area contributed by atoms with Crippen molar-refractivity contribution in [1.82, 2.24) is 9.55 Å². The molecule has 1 aliphatic rings. The molecule has 0 aliphatic heterocycles. The molecular weight excluding hydrogens is 324 g/mol. The van der Waals surface area contributed by atoms with Crippen molar-refractivity contribution >= 4 is 11.6 Å². The van der Waals surface area contributed by atoms with Gasteiger partial charge in [0.2, 0.25) is 5.78 Å². The molecule has 4 rings (SSSR count). The fraction of sp³-hybridized carbons (Fsp3) is 0.227. The highest BCUT2D eigenvalue weighted by Gasteiger charge is 2.36. The molecule has 130 valence electrons. The van der Waals surface area contributed by atoms with Gasteiger partial charge in [-0.05, 0) is 12.5 Å². The smallest absolute Gasteiger partial charge is 0.252 e. The highest BCUT2D eigenvalue weighted by atomic mass is 16.2. The number of benzene rings is 2. The van der Waals surface area contributed by atoms with Crippen LogP contribution in [-0.2, 0) is 6.54 Å². The zero-order valence-corrected chi connectivity index (χ0v) is 15.1. The van der Waals surface area contributed by atoms with Crippen molar-refractivity contribution in [2.24, 2.45) is 0 Å². The van der Waals surface area contributed by atoms with E-state index in [4.69, 9.17) is 4.98 Å². The number of carbonyl (C=O) groups is 2. The normalized spacial score (nSPS) is 13.1. The number of carbonyl (C=O) groups excluding carboxylic acids is 2. The van der Waals surface area contributed by atoms with Gasteiger partial charge < -0.3 is 4.57 Å². The van der Waals surface area contributed by atoms with E-state index in [-0.39, 0.29) is 5.92 Å². The Labute approximate surface area is 152 Å². The first-order valence-electron chi connectivity index (χ1n) is 8.81. The number of ketones is 2. The first-order chi connectivity index (χ1) is 12.5. The summed E-state index contributed by atoms with van der Waals surface area (Å²) in [5.41, 5.74) is 4.49. The van der Waals surface area contributed by atoms with Crippen LogP contribution in [0, 0.1) is 6.92 Å². The van der Waals surface area contributed by atoms with Crippen LogP contribution in [0.25, 0.3) is 11.3 Å². The second kappa shape index (κ2) is 6.06. The van der Waals surface area contributed by atoms with Gasteiger partial charge in [0.15, 0.2) is 0 Å². The predicted molar refractivity (Wildman–Crippen MR) is 101 cm³/mol. The molecule has 0 bridgehead atoms. The lowest BCUT2D eigenvalue weighted by molar-refractivity contribution is 0.0810. The standard InChI is InChI=1S/C22H20N2O2/c1-13(2)22-23-18-16-9-4-5-10-17(16)20(25)21(26)19(18)24(22)12-15-8-6-7-14(3)11-15/h4-11,13H,12H2,1-3H3. The van der Waals surface area contributed by atoms with Crippen molar-refractivity contribution in [2.75, 3.05) is 0 Å². The van der Waals surface area contributed by atoms with E-state index >= 15 is 0 Å². The molecule has 26 heavy (non-hydrogen) atoms. The number of nitrogens with zero attached hydrogens (tertiary/aromatic N) is 2. The van der Waals surface area contributed by atoms with Gasteiger partial charge in [0.1, 0.15) is 17.2 Å². The topological polar surface area (TPSA) is 52.0 Å². The second-order valence-corrected chi connectivity index (χ2v) is 7.10. The molecule has 0 N–H and O–H groups in total. The maximum atomic E-state index is 12.9. The van der Waals surface area contributed by atoms with E-state index in [1.165, 1.54) is 0 Å². The summed E-state index contributed by atoms with van der Waals surface area (Å²) in [7, 11) is 0. The van der Waals surface area contributed by atoms with Crippen molar-refractivity contribution in [3.05, 3.63) is 76.7 Å². The molecular formula is C22H20N2O2. The molecule has 0 atom stereocenters. The van der Waals surface area contributed by atoms with Crippen LogP contribution in [0.2, 0.25) is 0 Å². The van der Waals surface area contributed by atoms with Crippen LogP contribution in [0.5, 0.6) is 0 Å². The zero-order chi connectivity index (χ0) is 18.4. The monoisotopic (exact) mass is 344 g/mol. The van der Waals surface area contributed by atoms with Crippen LogP contribution in [0.1, 0.15) is 57.6 Å². The molecule has 0 radical (unpaired) electrons. The summed E-state index contributed by atoms with van der Waals surface area (Å²) >= 11 is 0. The van der Waals surface area contributed by atoms with Crippen LogP contribution >= 0.6 is 0 Å². The third-order valence-corrected chi connectivity index (χ3v) is 4.78. The van der Waals surface area contributed by atoms with Crippen molar-refractivity contribution in [3.8, 4) is 11.3 Å². The summed E-state index contributed by atoms with van der Waals surface area (Å²) in [6.07, 6.45) is 0. The van der Waals surface area contributed by atoms with Crippen molar-refractivity contribution in [1.29, 1.82) is 0 Å². The molecule has 0 amide bonds. The summed E-state index contributed by atoms with van der Waals surface area (Å²) in [5, 5.41) is 0. The van der Waals surface area contributed by atoms with Crippen LogP contribution in [0.4, 0.5) is 0 Å². The van der Waals surface area contributed by atoms with Gasteiger partial charge in [0.25, 0.3) is 5.78 Å². The Morgan fingerprint density at radius 2 is 1.69 bits per heavy atom. The molecule has 0 spiro atoms. The number of hydrogen-bond donors (Lipinski definition) is 0. The maximum absolute atomic E-state index is 12.9. The Morgan fingerprint density at radius 1 is 0.962 bits per heavy atom. The first kappa shape index (κ1) is 16.5. The van der Waals surface area contributed by atoms with E-state index in [0.29, 0.717) is 23.5 Å². The Balaban J connectivity index is 1.95. The number of aromatic nitrogens is 2. The molecule has 3 aromatic rings. The van der Waals surface area contributed by atoms with Gasteiger partial charge in [-0.25, -0.2) is 4.98 Å². The number of fused-ring (bicyclic) bond motifs is 3. The molecule has 0 unspecified atom stereocenters. The summed E-state index contributed by atoms with van der Waals surface area (Å²) in [4.78, 5) is 30.3. The van der Waals surface area contributed by atoms with Gasteiger partial charge in [-0.1, -0.05) is 67.9 Å². The summed E-state index contributed by atoms with van der Waals surface area (Å²) in [6, 6.07) is 15.4. The molecule has 0 saturated heterocycles. The van der Waals surface area contributed by atoms with E-state index in [1.807, 2.05) is 41.8 Å². The van der Waals surface area contributed by atoms with Crippen molar-refractivity contribution in [3.63, 3.8) is 0 Å². The SMILES string of the molecule is Cc1cccc(Cn2c(C(C)C)nc3c2C(=O)C(=O)c2ccccc2-3)c1. The van der Waals surface area contributed by atoms with E-state index < -0.39 is 11.6 Å². The lowest BCUT2D eigenvalue weighted by Gasteiger charge is -2.17. The fourth-order valence-corrected chi connectivity index (χ4v) is 3.60. The third-order valence-electron chi connectivity index (χ3n) is 4.78. The Hall–Kier alpha value is -3.01. The molecule has 1 aliphatic carbocycles. The summed E-state index contributed by atoms with van der Waals surface area (Å²) in [5.74, 6) is 0.0504. The molecule has 1 aromatic heterocycles. The van der Waals surface area contributed by atoms with Gasteiger partial charge in [-0.2, -0.15) is 0 Å². The third kappa shape index (κ3) is 2.49. The number of aryl methyl sites for hydroxylation is 1. The van der Waals surface area contributed by atoms with Crippen LogP contribution < -0.4 is 0 Å². The largest absolute Gasteiger partial charge is 0.320 e. The molecule has 1 heterocycles. The van der Waals surface area contributed by atoms with Crippen LogP contribution in [-0.4, -0.2) is 21.1 Å². The number of hydrogen-bond acceptors (Lipinski definition) is 3. The minimum absolute atomic E-state index is 0.139. The van der Waals surface area contributed by atoms with E-state index in [1.54, 1.807) is 12.1 Å². The molecule has 4 nitrogen and oxygen atoms in total. The van der Waals surface area contributed by atoms with Crippen molar-refractivity contribution in [2.45, 2.75) is 33.2 Å². The lowest BCUT2D eigenvalue weighted by atomic mass is 9.90. The number of rotatable bonds is 3. The summed E-state index contributed by atoms with van der Waals surface area (Å²) in [6.45, 7) is 6.68. The quantitative estimate of drug-likeness (QED) is 0.661. The van der Waals surface area contributed by atoms with Crippen LogP contribution in [0.3, 0.4) is 0 Å². The van der Waals surface area contributed by atoms with Gasteiger partial charge in [0, 0.05) is 23.6 Å². The second-order valence-electron chi connectivity index (χ2n) is 7.10. The number of Topliss-reactive ketones (excluding diaryl/α,β-unsaturated/α-hetero) is 2. The highest BCUT2D eigenvalue weighted by molar-refractivity contribution is 6.52. The van der Waals surface area contributed by atoms with Gasteiger partial charge >= 0.3 is 0 Å². The van der Waals surface area contributed by atoms with Crippen LogP contribution in [0.15, 0.2) is 48.5 Å². The Kier molecular flexibility index (Phi) is 3.83. The fourth-order valence-electron chi connectivity index (χ4n) is 3.60. The van der Waals surface area contributed by atoms with Crippen molar-refractivity contribution < 1.29 is 9.59 Å². The lowest BCUT2D eigenvalue weighted by Crippen LogP contribution is -2.24. The molecule has 2 aromatic carbocycles. The van der Waals surface area contributed by atoms with Gasteiger partial charge in [-0.3, -0.25) is 9.59 Å². The molecule has 0 saturated carbocycles. The number of imidazole rings is 1. The van der Waals surface area contributed by atoms with Gasteiger partial charge in [0.05, 0.1) is 0 Å². The first-order valence-corrected chi connectivity index (χ1v) is 8.81. The highest BCUT2D eigenvalue weighted by Crippen LogP contribution is 2.35. The molecule has 4 heteroatoms. The Morgan fingerprint density at radius 3 is 2.38 bits per heavy atom.